The van der Waals surface area contributed by atoms with Crippen molar-refractivity contribution in [3.8, 4) is 5.75 Å². The molecule has 3 N–H and O–H groups in total. The highest BCUT2D eigenvalue weighted by molar-refractivity contribution is 5.94. The van der Waals surface area contributed by atoms with Crippen LogP contribution in [0.3, 0.4) is 0 Å². The van der Waals surface area contributed by atoms with E-state index in [0.29, 0.717) is 17.5 Å². The van der Waals surface area contributed by atoms with E-state index >= 15 is 0 Å². The molecule has 19 heavy (non-hydrogen) atoms. The molecule has 1 aliphatic rings. The molecule has 1 aliphatic carbocycles. The molecule has 0 spiro atoms. The number of hydrogen-bond donors (Lipinski definition) is 2. The quantitative estimate of drug-likeness (QED) is 0.871. The second-order valence-electron chi connectivity index (χ2n) is 5.22. The zero-order chi connectivity index (χ0) is 13.7. The number of rotatable bonds is 4. The molecule has 0 atom stereocenters. The summed E-state index contributed by atoms with van der Waals surface area (Å²) in [4.78, 5) is 12.0. The van der Waals surface area contributed by atoms with Gasteiger partial charge >= 0.3 is 0 Å². The largest absolute Gasteiger partial charge is 0.497 e. The van der Waals surface area contributed by atoms with E-state index in [1.54, 1.807) is 31.4 Å². The average molecular weight is 262 g/mol. The van der Waals surface area contributed by atoms with Crippen LogP contribution in [0, 0.1) is 5.92 Å². The number of carbonyl (C=O) groups excluding carboxylic acids is 1. The lowest BCUT2D eigenvalue weighted by Gasteiger charge is -2.26. The molecule has 0 unspecified atom stereocenters. The molecule has 1 aromatic carbocycles. The van der Waals surface area contributed by atoms with Crippen molar-refractivity contribution in [2.45, 2.75) is 31.7 Å². The van der Waals surface area contributed by atoms with Crippen LogP contribution >= 0.6 is 0 Å². The molecular weight excluding hydrogens is 240 g/mol. The second kappa shape index (κ2) is 6.57. The van der Waals surface area contributed by atoms with Crippen LogP contribution in [0.4, 0.5) is 0 Å². The third kappa shape index (κ3) is 3.96. The molecule has 0 heterocycles. The van der Waals surface area contributed by atoms with Crippen LogP contribution < -0.4 is 15.8 Å². The summed E-state index contributed by atoms with van der Waals surface area (Å²) in [5.74, 6) is 1.32. The maximum Gasteiger partial charge on any atom is 0.251 e. The minimum absolute atomic E-state index is 0.0162. The summed E-state index contributed by atoms with van der Waals surface area (Å²) in [5, 5.41) is 3.00. The number of ether oxygens (including phenoxy) is 1. The molecule has 0 saturated heterocycles. The molecule has 0 bridgehead atoms. The van der Waals surface area contributed by atoms with Crippen LogP contribution in [0.5, 0.6) is 5.75 Å². The van der Waals surface area contributed by atoms with Gasteiger partial charge in [-0.25, -0.2) is 0 Å². The number of carbonyl (C=O) groups is 1. The summed E-state index contributed by atoms with van der Waals surface area (Å²) in [6.07, 6.45) is 4.38. The van der Waals surface area contributed by atoms with E-state index in [0.717, 1.165) is 38.0 Å². The fourth-order valence-corrected chi connectivity index (χ4v) is 2.47. The predicted molar refractivity (Wildman–Crippen MR) is 75.3 cm³/mol. The van der Waals surface area contributed by atoms with Gasteiger partial charge in [0.15, 0.2) is 0 Å². The van der Waals surface area contributed by atoms with E-state index in [1.807, 2.05) is 0 Å². The average Bonchev–Trinajstić information content (AvgIpc) is 2.46. The van der Waals surface area contributed by atoms with Crippen LogP contribution in [0.2, 0.25) is 0 Å². The molecular formula is C15H22N2O2. The van der Waals surface area contributed by atoms with Crippen molar-refractivity contribution in [2.75, 3.05) is 13.7 Å². The number of hydrogen-bond acceptors (Lipinski definition) is 3. The summed E-state index contributed by atoms with van der Waals surface area (Å²) in [5.41, 5.74) is 6.55. The smallest absolute Gasteiger partial charge is 0.251 e. The van der Waals surface area contributed by atoms with Crippen LogP contribution in [0.15, 0.2) is 24.3 Å². The van der Waals surface area contributed by atoms with E-state index in [2.05, 4.69) is 5.32 Å². The van der Waals surface area contributed by atoms with E-state index in [4.69, 9.17) is 10.5 Å². The summed E-state index contributed by atoms with van der Waals surface area (Å²) >= 11 is 0. The van der Waals surface area contributed by atoms with Gasteiger partial charge in [0.05, 0.1) is 7.11 Å². The number of benzene rings is 1. The molecule has 4 heteroatoms. The van der Waals surface area contributed by atoms with Crippen LogP contribution in [-0.4, -0.2) is 25.6 Å². The van der Waals surface area contributed by atoms with Crippen molar-refractivity contribution in [3.63, 3.8) is 0 Å². The molecule has 2 rings (SSSR count). The molecule has 104 valence electrons. The lowest BCUT2D eigenvalue weighted by Crippen LogP contribution is -2.34. The second-order valence-corrected chi connectivity index (χ2v) is 5.22. The van der Waals surface area contributed by atoms with Crippen LogP contribution in [0.25, 0.3) is 0 Å². The highest BCUT2D eigenvalue weighted by Crippen LogP contribution is 2.22. The third-order valence-corrected chi connectivity index (χ3v) is 3.79. The Morgan fingerprint density at radius 3 is 2.47 bits per heavy atom. The van der Waals surface area contributed by atoms with Gasteiger partial charge in [0.1, 0.15) is 5.75 Å². The van der Waals surface area contributed by atoms with Crippen LogP contribution in [-0.2, 0) is 0 Å². The number of nitrogens with one attached hydrogen (secondary N) is 1. The van der Waals surface area contributed by atoms with Gasteiger partial charge in [0.2, 0.25) is 0 Å². The SMILES string of the molecule is COc1ccc(C(=O)NCC2CCC(N)CC2)cc1. The highest BCUT2D eigenvalue weighted by atomic mass is 16.5. The minimum atomic E-state index is -0.0162. The Hall–Kier alpha value is -1.55. The maximum absolute atomic E-state index is 12.0. The van der Waals surface area contributed by atoms with Crippen molar-refractivity contribution >= 4 is 5.91 Å². The Labute approximate surface area is 114 Å². The lowest BCUT2D eigenvalue weighted by molar-refractivity contribution is 0.0943. The Morgan fingerprint density at radius 2 is 1.89 bits per heavy atom. The van der Waals surface area contributed by atoms with Crippen molar-refractivity contribution in [3.05, 3.63) is 29.8 Å². The molecule has 4 nitrogen and oxygen atoms in total. The van der Waals surface area contributed by atoms with Crippen molar-refractivity contribution < 1.29 is 9.53 Å². The predicted octanol–water partition coefficient (Wildman–Crippen LogP) is 1.94. The number of methoxy groups -OCH3 is 1. The lowest BCUT2D eigenvalue weighted by atomic mass is 9.86. The molecule has 0 radical (unpaired) electrons. The van der Waals surface area contributed by atoms with Gasteiger partial charge in [-0.15, -0.1) is 0 Å². The standard InChI is InChI=1S/C15H22N2O2/c1-19-14-8-4-12(5-9-14)15(18)17-10-11-2-6-13(16)7-3-11/h4-5,8-9,11,13H,2-3,6-7,10,16H2,1H3,(H,17,18). The third-order valence-electron chi connectivity index (χ3n) is 3.79. The molecule has 0 aromatic heterocycles. The molecule has 0 aliphatic heterocycles. The summed E-state index contributed by atoms with van der Waals surface area (Å²) in [6.45, 7) is 0.748. The fourth-order valence-electron chi connectivity index (χ4n) is 2.47. The van der Waals surface area contributed by atoms with Crippen LogP contribution in [0.1, 0.15) is 36.0 Å². The normalized spacial score (nSPS) is 22.8. The molecule has 1 amide bonds. The van der Waals surface area contributed by atoms with E-state index in [1.165, 1.54) is 0 Å². The Morgan fingerprint density at radius 1 is 1.26 bits per heavy atom. The Bertz CT molecular complexity index is 409. The van der Waals surface area contributed by atoms with Crippen molar-refractivity contribution in [1.29, 1.82) is 0 Å². The molecule has 1 aromatic rings. The monoisotopic (exact) mass is 262 g/mol. The Kier molecular flexibility index (Phi) is 4.80. The van der Waals surface area contributed by atoms with E-state index in [9.17, 15) is 4.79 Å². The summed E-state index contributed by atoms with van der Waals surface area (Å²) in [7, 11) is 1.61. The molecule has 1 fully saturated rings. The van der Waals surface area contributed by atoms with E-state index < -0.39 is 0 Å². The topological polar surface area (TPSA) is 64.3 Å². The first-order valence-electron chi connectivity index (χ1n) is 6.87. The zero-order valence-electron chi connectivity index (χ0n) is 11.4. The van der Waals surface area contributed by atoms with Crippen molar-refractivity contribution in [2.24, 2.45) is 11.7 Å². The summed E-state index contributed by atoms with van der Waals surface area (Å²) < 4.78 is 5.07. The zero-order valence-corrected chi connectivity index (χ0v) is 11.4. The van der Waals surface area contributed by atoms with Gasteiger partial charge in [-0.05, 0) is 55.9 Å². The van der Waals surface area contributed by atoms with Gasteiger partial charge in [0, 0.05) is 18.2 Å². The Balaban J connectivity index is 1.80. The molecule has 1 saturated carbocycles. The maximum atomic E-state index is 12.0. The first-order valence-corrected chi connectivity index (χ1v) is 6.87. The van der Waals surface area contributed by atoms with Crippen molar-refractivity contribution in [1.82, 2.24) is 5.32 Å². The number of amides is 1. The first kappa shape index (κ1) is 13.9. The summed E-state index contributed by atoms with van der Waals surface area (Å²) in [6, 6.07) is 7.52. The van der Waals surface area contributed by atoms with Gasteiger partial charge in [-0.3, -0.25) is 4.79 Å². The van der Waals surface area contributed by atoms with Gasteiger partial charge < -0.3 is 15.8 Å². The minimum Gasteiger partial charge on any atom is -0.497 e. The van der Waals surface area contributed by atoms with Gasteiger partial charge in [-0.1, -0.05) is 0 Å². The van der Waals surface area contributed by atoms with Gasteiger partial charge in [0.25, 0.3) is 5.91 Å². The highest BCUT2D eigenvalue weighted by Gasteiger charge is 2.19. The number of nitrogens with two attached hydrogens (primary N) is 1. The first-order chi connectivity index (χ1) is 9.19. The fraction of sp³-hybridized carbons (Fsp3) is 0.533. The van der Waals surface area contributed by atoms with E-state index in [-0.39, 0.29) is 5.91 Å². The van der Waals surface area contributed by atoms with Gasteiger partial charge in [-0.2, -0.15) is 0 Å².